The molecule has 1 aliphatic heterocycles. The molecule has 0 radical (unpaired) electrons. The number of thioether (sulfide) groups is 2. The Morgan fingerprint density at radius 1 is 0.730 bits per heavy atom. The zero-order valence-corrected chi connectivity index (χ0v) is 23.8. The first-order chi connectivity index (χ1) is 18.0. The van der Waals surface area contributed by atoms with Crippen LogP contribution in [0, 0.1) is 0 Å². The summed E-state index contributed by atoms with van der Waals surface area (Å²) in [4.78, 5) is 38.7. The van der Waals surface area contributed by atoms with E-state index in [2.05, 4.69) is 6.92 Å². The summed E-state index contributed by atoms with van der Waals surface area (Å²) in [5.74, 6) is 0.678. The van der Waals surface area contributed by atoms with Crippen molar-refractivity contribution < 1.29 is 24.6 Å². The topological polar surface area (TPSA) is 94.9 Å². The molecular weight excluding hydrogens is 506 g/mol. The number of carbonyl (C=O) groups excluding carboxylic acids is 3. The Balaban J connectivity index is 1.64. The van der Waals surface area contributed by atoms with E-state index in [9.17, 15) is 24.6 Å². The van der Waals surface area contributed by atoms with E-state index in [0.717, 1.165) is 23.3 Å². The molecule has 2 N–H and O–H groups in total. The first-order valence-corrected chi connectivity index (χ1v) is 15.7. The minimum atomic E-state index is -0.396. The summed E-state index contributed by atoms with van der Waals surface area (Å²) in [6, 6.07) is 7.58. The summed E-state index contributed by atoms with van der Waals surface area (Å²) < 4.78 is 0.146. The Morgan fingerprint density at radius 2 is 1.22 bits per heavy atom. The van der Waals surface area contributed by atoms with E-state index in [-0.39, 0.29) is 37.0 Å². The average Bonchev–Trinajstić information content (AvgIpc) is 3.11. The highest BCUT2D eigenvalue weighted by Crippen LogP contribution is 2.28. The number of nitrogens with zero attached hydrogens (tertiary/aromatic N) is 1. The fraction of sp³-hybridized carbons (Fsp3) is 0.621. The summed E-state index contributed by atoms with van der Waals surface area (Å²) >= 11 is 2.72. The summed E-state index contributed by atoms with van der Waals surface area (Å²) in [6.07, 6.45) is 13.2. The molecule has 206 valence electrons. The lowest BCUT2D eigenvalue weighted by Gasteiger charge is -2.15. The van der Waals surface area contributed by atoms with Crippen LogP contribution >= 0.6 is 23.5 Å². The second-order valence-electron chi connectivity index (χ2n) is 9.49. The van der Waals surface area contributed by atoms with E-state index >= 15 is 0 Å². The van der Waals surface area contributed by atoms with Crippen molar-refractivity contribution >= 4 is 39.8 Å². The molecule has 0 unspecified atom stereocenters. The van der Waals surface area contributed by atoms with Gasteiger partial charge in [-0.3, -0.25) is 19.3 Å². The first-order valence-electron chi connectivity index (χ1n) is 13.7. The molecular formula is C29H43NO5S2. The van der Waals surface area contributed by atoms with Gasteiger partial charge in [0.1, 0.15) is 0 Å². The molecule has 0 aromatic heterocycles. The van der Waals surface area contributed by atoms with Crippen LogP contribution in [0.2, 0.25) is 0 Å². The molecule has 6 nitrogen and oxygen atoms in total. The van der Waals surface area contributed by atoms with Gasteiger partial charge in [-0.05, 0) is 17.5 Å². The third kappa shape index (κ3) is 11.3. The molecule has 0 fully saturated rings. The maximum atomic E-state index is 12.7. The second-order valence-corrected chi connectivity index (χ2v) is 11.8. The summed E-state index contributed by atoms with van der Waals surface area (Å²) in [5, 5.41) is 18.5. The number of rotatable bonds is 19. The van der Waals surface area contributed by atoms with Crippen LogP contribution in [-0.2, 0) is 21.9 Å². The minimum Gasteiger partial charge on any atom is -0.396 e. The number of amides is 2. The maximum Gasteiger partial charge on any atom is 0.257 e. The van der Waals surface area contributed by atoms with Gasteiger partial charge in [-0.25, -0.2) is 0 Å². The number of unbranched alkanes of at least 4 members (excludes halogenated alkanes) is 9. The van der Waals surface area contributed by atoms with Crippen LogP contribution in [0.5, 0.6) is 0 Å². The van der Waals surface area contributed by atoms with E-state index in [1.807, 2.05) is 24.3 Å². The van der Waals surface area contributed by atoms with Crippen molar-refractivity contribution in [3.05, 3.63) is 46.5 Å². The van der Waals surface area contributed by atoms with Crippen molar-refractivity contribution in [2.24, 2.45) is 0 Å². The number of imide groups is 1. The lowest BCUT2D eigenvalue weighted by molar-refractivity contribution is -0.138. The normalized spacial score (nSPS) is 13.8. The van der Waals surface area contributed by atoms with Crippen LogP contribution in [0.15, 0.2) is 35.4 Å². The Labute approximate surface area is 230 Å². The van der Waals surface area contributed by atoms with Crippen LogP contribution in [0.4, 0.5) is 4.79 Å². The Kier molecular flexibility index (Phi) is 15.9. The molecule has 0 atom stereocenters. The monoisotopic (exact) mass is 549 g/mol. The highest BCUT2D eigenvalue weighted by Gasteiger charge is 2.36. The predicted molar refractivity (Wildman–Crippen MR) is 153 cm³/mol. The molecule has 2 rings (SSSR count). The number of benzene rings is 1. The standard InChI is InChI=1S/C29H43NO5S2/c1-2-3-4-5-6-7-8-9-10-11-20-36-29(35)37-22-24-14-12-23(13-15-24)21-30-27(33)25(16-18-31)26(17-19-32)28(30)34/h12-15,31-32H,2-11,16-22H2,1H3. The Bertz CT molecular complexity index is 857. The molecule has 1 aromatic rings. The summed E-state index contributed by atoms with van der Waals surface area (Å²) in [6.45, 7) is 1.94. The van der Waals surface area contributed by atoms with E-state index < -0.39 is 11.8 Å². The molecule has 0 saturated carbocycles. The van der Waals surface area contributed by atoms with Crippen molar-refractivity contribution in [1.82, 2.24) is 4.90 Å². The number of carbonyl (C=O) groups is 3. The molecule has 0 bridgehead atoms. The molecule has 2 amide bonds. The van der Waals surface area contributed by atoms with Gasteiger partial charge in [-0.15, -0.1) is 0 Å². The van der Waals surface area contributed by atoms with Crippen LogP contribution in [0.1, 0.15) is 95.1 Å². The fourth-order valence-corrected chi connectivity index (χ4v) is 6.16. The molecule has 1 heterocycles. The highest BCUT2D eigenvalue weighted by atomic mass is 32.2. The lowest BCUT2D eigenvalue weighted by atomic mass is 10.1. The molecule has 37 heavy (non-hydrogen) atoms. The van der Waals surface area contributed by atoms with E-state index in [1.54, 1.807) is 0 Å². The van der Waals surface area contributed by atoms with Gasteiger partial charge in [-0.2, -0.15) is 0 Å². The summed E-state index contributed by atoms with van der Waals surface area (Å²) in [7, 11) is 0. The van der Waals surface area contributed by atoms with Gasteiger partial charge in [0, 0.05) is 48.7 Å². The SMILES string of the molecule is CCCCCCCCCCCCSC(=O)SCc1ccc(CN2C(=O)C(CCO)=C(CCO)C2=O)cc1. The van der Waals surface area contributed by atoms with Gasteiger partial charge in [0.05, 0.1) is 6.54 Å². The zero-order chi connectivity index (χ0) is 26.9. The fourth-order valence-electron chi connectivity index (χ4n) is 4.41. The smallest absolute Gasteiger partial charge is 0.257 e. The minimum absolute atomic E-state index is 0.109. The number of hydrogen-bond acceptors (Lipinski definition) is 7. The maximum absolute atomic E-state index is 12.7. The molecule has 0 spiro atoms. The van der Waals surface area contributed by atoms with Crippen LogP contribution < -0.4 is 0 Å². The lowest BCUT2D eigenvalue weighted by Crippen LogP contribution is -2.31. The van der Waals surface area contributed by atoms with Gasteiger partial charge in [0.2, 0.25) is 4.45 Å². The highest BCUT2D eigenvalue weighted by molar-refractivity contribution is 8.38. The van der Waals surface area contributed by atoms with Crippen molar-refractivity contribution in [3.63, 3.8) is 0 Å². The van der Waals surface area contributed by atoms with Gasteiger partial charge in [-0.1, -0.05) is 113 Å². The van der Waals surface area contributed by atoms with E-state index in [4.69, 9.17) is 0 Å². The zero-order valence-electron chi connectivity index (χ0n) is 22.2. The van der Waals surface area contributed by atoms with Crippen LogP contribution in [0.3, 0.4) is 0 Å². The molecule has 8 heteroatoms. The largest absolute Gasteiger partial charge is 0.396 e. The Morgan fingerprint density at radius 3 is 1.73 bits per heavy atom. The third-order valence-electron chi connectivity index (χ3n) is 6.53. The number of aliphatic hydroxyl groups is 2. The summed E-state index contributed by atoms with van der Waals surface area (Å²) in [5.41, 5.74) is 2.42. The van der Waals surface area contributed by atoms with Crippen molar-refractivity contribution in [2.75, 3.05) is 19.0 Å². The Hall–Kier alpha value is -1.61. The van der Waals surface area contributed by atoms with Gasteiger partial charge in [0.15, 0.2) is 0 Å². The van der Waals surface area contributed by atoms with Crippen LogP contribution in [-0.4, -0.2) is 50.3 Å². The molecule has 0 saturated heterocycles. The van der Waals surface area contributed by atoms with Gasteiger partial charge in [0.25, 0.3) is 11.8 Å². The average molecular weight is 550 g/mol. The quantitative estimate of drug-likeness (QED) is 0.148. The molecule has 0 aliphatic carbocycles. The molecule has 1 aromatic carbocycles. The third-order valence-corrected chi connectivity index (χ3v) is 8.68. The van der Waals surface area contributed by atoms with E-state index in [0.29, 0.717) is 16.9 Å². The van der Waals surface area contributed by atoms with Gasteiger partial charge < -0.3 is 10.2 Å². The van der Waals surface area contributed by atoms with Crippen molar-refractivity contribution in [3.8, 4) is 0 Å². The molecule has 1 aliphatic rings. The van der Waals surface area contributed by atoms with Crippen LogP contribution in [0.25, 0.3) is 0 Å². The van der Waals surface area contributed by atoms with Gasteiger partial charge >= 0.3 is 0 Å². The van der Waals surface area contributed by atoms with E-state index in [1.165, 1.54) is 86.2 Å². The van der Waals surface area contributed by atoms with Crippen molar-refractivity contribution in [2.45, 2.75) is 96.3 Å². The number of aliphatic hydroxyl groups excluding tert-OH is 2. The predicted octanol–water partition coefficient (Wildman–Crippen LogP) is 6.62. The van der Waals surface area contributed by atoms with Crippen molar-refractivity contribution in [1.29, 1.82) is 0 Å². The second kappa shape index (κ2) is 18.6. The number of hydrogen-bond donors (Lipinski definition) is 2. The first kappa shape index (κ1) is 31.6.